The van der Waals surface area contributed by atoms with Crippen LogP contribution in [0.25, 0.3) is 0 Å². The van der Waals surface area contributed by atoms with Gasteiger partial charge in [-0.25, -0.2) is 0 Å². The minimum absolute atomic E-state index is 0.144. The standard InChI is InChI=1S/C17H26N2O/c1-13(2)19(11-5-10-18)17(20)16-9-8-14-6-3-4-7-15(14)12-16/h3-4,6-7,13,16H,5,8-12,18H2,1-2H3. The quantitative estimate of drug-likeness (QED) is 0.896. The van der Waals surface area contributed by atoms with E-state index in [2.05, 4.69) is 38.1 Å². The molecule has 2 rings (SSSR count). The Morgan fingerprint density at radius 2 is 2.05 bits per heavy atom. The molecule has 110 valence electrons. The molecule has 1 unspecified atom stereocenters. The maximum absolute atomic E-state index is 12.7. The number of fused-ring (bicyclic) bond motifs is 1. The summed E-state index contributed by atoms with van der Waals surface area (Å²) in [4.78, 5) is 14.7. The van der Waals surface area contributed by atoms with Gasteiger partial charge in [0.25, 0.3) is 0 Å². The smallest absolute Gasteiger partial charge is 0.226 e. The third-order valence-electron chi connectivity index (χ3n) is 4.21. The van der Waals surface area contributed by atoms with Crippen LogP contribution in [0.3, 0.4) is 0 Å². The molecule has 3 nitrogen and oxygen atoms in total. The monoisotopic (exact) mass is 274 g/mol. The number of benzene rings is 1. The highest BCUT2D eigenvalue weighted by molar-refractivity contribution is 5.79. The summed E-state index contributed by atoms with van der Waals surface area (Å²) in [5, 5.41) is 0. The minimum Gasteiger partial charge on any atom is -0.340 e. The van der Waals surface area contributed by atoms with E-state index in [0.29, 0.717) is 12.5 Å². The predicted octanol–water partition coefficient (Wildman–Crippen LogP) is 2.38. The number of hydrogen-bond acceptors (Lipinski definition) is 2. The van der Waals surface area contributed by atoms with Crippen LogP contribution in [-0.2, 0) is 17.6 Å². The normalized spacial score (nSPS) is 17.9. The van der Waals surface area contributed by atoms with Crippen molar-refractivity contribution in [2.75, 3.05) is 13.1 Å². The van der Waals surface area contributed by atoms with Gasteiger partial charge >= 0.3 is 0 Å². The third kappa shape index (κ3) is 3.40. The first-order valence-corrected chi connectivity index (χ1v) is 7.70. The summed E-state index contributed by atoms with van der Waals surface area (Å²) < 4.78 is 0. The van der Waals surface area contributed by atoms with E-state index in [9.17, 15) is 4.79 Å². The molecule has 0 aromatic heterocycles. The van der Waals surface area contributed by atoms with Crippen LogP contribution in [-0.4, -0.2) is 29.9 Å². The van der Waals surface area contributed by atoms with Crippen molar-refractivity contribution in [3.05, 3.63) is 35.4 Å². The number of aryl methyl sites for hydroxylation is 1. The molecule has 0 saturated heterocycles. The summed E-state index contributed by atoms with van der Waals surface area (Å²) in [5.74, 6) is 0.452. The number of nitrogens with two attached hydrogens (primary N) is 1. The van der Waals surface area contributed by atoms with Crippen LogP contribution in [0.4, 0.5) is 0 Å². The number of nitrogens with zero attached hydrogens (tertiary/aromatic N) is 1. The van der Waals surface area contributed by atoms with Crippen molar-refractivity contribution in [2.45, 2.75) is 45.6 Å². The Morgan fingerprint density at radius 1 is 1.35 bits per heavy atom. The van der Waals surface area contributed by atoms with Crippen LogP contribution in [0.1, 0.15) is 37.8 Å². The molecule has 0 spiro atoms. The zero-order valence-electron chi connectivity index (χ0n) is 12.6. The Bertz CT molecular complexity index is 456. The lowest BCUT2D eigenvalue weighted by Gasteiger charge is -2.33. The van der Waals surface area contributed by atoms with E-state index >= 15 is 0 Å². The zero-order chi connectivity index (χ0) is 14.5. The zero-order valence-corrected chi connectivity index (χ0v) is 12.6. The molecule has 0 aliphatic heterocycles. The van der Waals surface area contributed by atoms with Crippen LogP contribution in [0.15, 0.2) is 24.3 Å². The summed E-state index contributed by atoms with van der Waals surface area (Å²) in [5.41, 5.74) is 8.34. The topological polar surface area (TPSA) is 46.3 Å². The summed E-state index contributed by atoms with van der Waals surface area (Å²) in [7, 11) is 0. The molecule has 0 heterocycles. The molecule has 0 radical (unpaired) electrons. The molecule has 1 aromatic carbocycles. The minimum atomic E-state index is 0.144. The average molecular weight is 274 g/mol. The highest BCUT2D eigenvalue weighted by Gasteiger charge is 2.29. The fraction of sp³-hybridized carbons (Fsp3) is 0.588. The van der Waals surface area contributed by atoms with Crippen LogP contribution in [0, 0.1) is 5.92 Å². The van der Waals surface area contributed by atoms with E-state index in [1.807, 2.05) is 4.90 Å². The average Bonchev–Trinajstić information content (AvgIpc) is 2.46. The molecule has 1 amide bonds. The van der Waals surface area contributed by atoms with E-state index in [4.69, 9.17) is 5.73 Å². The highest BCUT2D eigenvalue weighted by Crippen LogP contribution is 2.27. The largest absolute Gasteiger partial charge is 0.340 e. The molecule has 1 aromatic rings. The van der Waals surface area contributed by atoms with Crippen molar-refractivity contribution in [3.63, 3.8) is 0 Å². The molecule has 0 bridgehead atoms. The van der Waals surface area contributed by atoms with Crippen molar-refractivity contribution < 1.29 is 4.79 Å². The van der Waals surface area contributed by atoms with Gasteiger partial charge < -0.3 is 10.6 Å². The van der Waals surface area contributed by atoms with Crippen molar-refractivity contribution in [3.8, 4) is 0 Å². The van der Waals surface area contributed by atoms with Crippen molar-refractivity contribution in [2.24, 2.45) is 11.7 Å². The van der Waals surface area contributed by atoms with Gasteiger partial charge in [0.1, 0.15) is 0 Å². The van der Waals surface area contributed by atoms with Gasteiger partial charge in [0.2, 0.25) is 5.91 Å². The Labute approximate surface area is 122 Å². The number of amides is 1. The van der Waals surface area contributed by atoms with Crippen molar-refractivity contribution in [1.29, 1.82) is 0 Å². The third-order valence-corrected chi connectivity index (χ3v) is 4.21. The van der Waals surface area contributed by atoms with Gasteiger partial charge in [0.05, 0.1) is 0 Å². The van der Waals surface area contributed by atoms with Crippen LogP contribution in [0.2, 0.25) is 0 Å². The lowest BCUT2D eigenvalue weighted by molar-refractivity contribution is -0.137. The molecule has 1 atom stereocenters. The number of carbonyl (C=O) groups is 1. The van der Waals surface area contributed by atoms with Crippen LogP contribution >= 0.6 is 0 Å². The second kappa shape index (κ2) is 6.89. The molecule has 2 N–H and O–H groups in total. The van der Waals surface area contributed by atoms with E-state index in [0.717, 1.165) is 32.2 Å². The lowest BCUT2D eigenvalue weighted by atomic mass is 9.83. The van der Waals surface area contributed by atoms with Gasteiger partial charge in [-0.1, -0.05) is 24.3 Å². The fourth-order valence-corrected chi connectivity index (χ4v) is 3.03. The van der Waals surface area contributed by atoms with E-state index in [1.165, 1.54) is 11.1 Å². The molecule has 0 saturated carbocycles. The summed E-state index contributed by atoms with van der Waals surface area (Å²) in [6.45, 7) is 5.60. The molecule has 20 heavy (non-hydrogen) atoms. The molecule has 1 aliphatic rings. The Kier molecular flexibility index (Phi) is 5.18. The van der Waals surface area contributed by atoms with E-state index in [-0.39, 0.29) is 12.0 Å². The maximum atomic E-state index is 12.7. The first kappa shape index (κ1) is 15.0. The van der Waals surface area contributed by atoms with Crippen molar-refractivity contribution >= 4 is 5.91 Å². The summed E-state index contributed by atoms with van der Waals surface area (Å²) in [6, 6.07) is 8.76. The Morgan fingerprint density at radius 3 is 2.70 bits per heavy atom. The van der Waals surface area contributed by atoms with E-state index in [1.54, 1.807) is 0 Å². The maximum Gasteiger partial charge on any atom is 0.226 e. The molecule has 3 heteroatoms. The Hall–Kier alpha value is -1.35. The van der Waals surface area contributed by atoms with Gasteiger partial charge in [0, 0.05) is 18.5 Å². The first-order valence-electron chi connectivity index (χ1n) is 7.70. The SMILES string of the molecule is CC(C)N(CCCN)C(=O)C1CCc2ccccc2C1. The molecular weight excluding hydrogens is 248 g/mol. The summed E-state index contributed by atoms with van der Waals surface area (Å²) in [6.07, 6.45) is 3.77. The first-order chi connectivity index (χ1) is 9.63. The van der Waals surface area contributed by atoms with Gasteiger partial charge in [-0.05, 0) is 57.2 Å². The Balaban J connectivity index is 2.06. The van der Waals surface area contributed by atoms with Crippen LogP contribution in [0.5, 0.6) is 0 Å². The van der Waals surface area contributed by atoms with Gasteiger partial charge in [-0.2, -0.15) is 0 Å². The lowest BCUT2D eigenvalue weighted by Crippen LogP contribution is -2.43. The number of rotatable bonds is 5. The molecular formula is C17H26N2O. The second-order valence-corrected chi connectivity index (χ2v) is 5.98. The summed E-state index contributed by atoms with van der Waals surface area (Å²) >= 11 is 0. The molecule has 1 aliphatic carbocycles. The van der Waals surface area contributed by atoms with Gasteiger partial charge in [0.15, 0.2) is 0 Å². The highest BCUT2D eigenvalue weighted by atomic mass is 16.2. The predicted molar refractivity (Wildman–Crippen MR) is 82.5 cm³/mol. The fourth-order valence-electron chi connectivity index (χ4n) is 3.03. The van der Waals surface area contributed by atoms with Crippen LogP contribution < -0.4 is 5.73 Å². The van der Waals surface area contributed by atoms with E-state index < -0.39 is 0 Å². The number of carbonyl (C=O) groups excluding carboxylic acids is 1. The van der Waals surface area contributed by atoms with Crippen molar-refractivity contribution in [1.82, 2.24) is 4.90 Å². The second-order valence-electron chi connectivity index (χ2n) is 5.98. The molecule has 0 fully saturated rings. The van der Waals surface area contributed by atoms with Gasteiger partial charge in [-0.3, -0.25) is 4.79 Å². The van der Waals surface area contributed by atoms with Gasteiger partial charge in [-0.15, -0.1) is 0 Å². The number of hydrogen-bond donors (Lipinski definition) is 1.